The van der Waals surface area contributed by atoms with Crippen LogP contribution in [0.25, 0.3) is 0 Å². The first-order valence-corrected chi connectivity index (χ1v) is 10.6. The van der Waals surface area contributed by atoms with E-state index in [9.17, 15) is 18.0 Å². The van der Waals surface area contributed by atoms with Crippen molar-refractivity contribution in [3.63, 3.8) is 0 Å². The van der Waals surface area contributed by atoms with Crippen LogP contribution in [0.2, 0.25) is 0 Å². The molecule has 4 rings (SSSR count). The highest BCUT2D eigenvalue weighted by Crippen LogP contribution is 2.34. The van der Waals surface area contributed by atoms with Gasteiger partial charge in [0.1, 0.15) is 5.75 Å². The van der Waals surface area contributed by atoms with Crippen LogP contribution in [-0.4, -0.2) is 11.9 Å². The van der Waals surface area contributed by atoms with Gasteiger partial charge in [0.25, 0.3) is 0 Å². The molecule has 1 fully saturated rings. The minimum Gasteiger partial charge on any atom is -0.490 e. The predicted molar refractivity (Wildman–Crippen MR) is 120 cm³/mol. The second kappa shape index (κ2) is 10.8. The van der Waals surface area contributed by atoms with Crippen molar-refractivity contribution in [2.24, 2.45) is 0 Å². The summed E-state index contributed by atoms with van der Waals surface area (Å²) in [5.74, 6) is 0.292. The van der Waals surface area contributed by atoms with Gasteiger partial charge in [0.15, 0.2) is 5.78 Å². The number of ether oxygens (including phenoxy) is 1. The lowest BCUT2D eigenvalue weighted by molar-refractivity contribution is -0.137. The van der Waals surface area contributed by atoms with Crippen LogP contribution >= 0.6 is 0 Å². The number of hydrogen-bond donors (Lipinski definition) is 1. The number of nitrogens with two attached hydrogens (primary N) is 1. The molecule has 0 amide bonds. The molecule has 1 saturated carbocycles. The second-order valence-electron chi connectivity index (χ2n) is 7.73. The van der Waals surface area contributed by atoms with E-state index >= 15 is 0 Å². The fourth-order valence-corrected chi connectivity index (χ4v) is 3.57. The highest BCUT2D eigenvalue weighted by molar-refractivity contribution is 6.08. The van der Waals surface area contributed by atoms with E-state index in [1.807, 2.05) is 60.7 Å². The molecule has 0 saturated heterocycles. The van der Waals surface area contributed by atoms with Crippen LogP contribution in [0, 0.1) is 0 Å². The van der Waals surface area contributed by atoms with Crippen molar-refractivity contribution in [3.8, 4) is 5.75 Å². The molecule has 0 spiro atoms. The van der Waals surface area contributed by atoms with Gasteiger partial charge in [0.05, 0.1) is 11.7 Å². The molecular weight excluding hydrogens is 415 g/mol. The number of hydrogen-bond acceptors (Lipinski definition) is 3. The summed E-state index contributed by atoms with van der Waals surface area (Å²) in [4.78, 5) is 11.8. The number of nitrogen functional groups attached to an aromatic ring is 1. The Hall–Kier alpha value is -3.28. The van der Waals surface area contributed by atoms with E-state index in [2.05, 4.69) is 0 Å². The van der Waals surface area contributed by atoms with Crippen LogP contribution in [0.3, 0.4) is 0 Å². The van der Waals surface area contributed by atoms with Gasteiger partial charge in [-0.1, -0.05) is 67.1 Å². The first kappa shape index (κ1) is 23.4. The quantitative estimate of drug-likeness (QED) is 0.353. The van der Waals surface area contributed by atoms with Crippen LogP contribution in [0.4, 0.5) is 18.9 Å². The van der Waals surface area contributed by atoms with Gasteiger partial charge in [-0.05, 0) is 37.8 Å². The fourth-order valence-electron chi connectivity index (χ4n) is 3.57. The highest BCUT2D eigenvalue weighted by atomic mass is 19.4. The van der Waals surface area contributed by atoms with Gasteiger partial charge >= 0.3 is 6.18 Å². The van der Waals surface area contributed by atoms with Crippen molar-refractivity contribution in [2.75, 3.05) is 5.73 Å². The summed E-state index contributed by atoms with van der Waals surface area (Å²) in [6.07, 6.45) is 0.733. The van der Waals surface area contributed by atoms with E-state index in [-0.39, 0.29) is 23.3 Å². The van der Waals surface area contributed by atoms with Gasteiger partial charge in [0, 0.05) is 22.9 Å². The molecule has 3 aromatic rings. The summed E-state index contributed by atoms with van der Waals surface area (Å²) in [6.45, 7) is 0. The topological polar surface area (TPSA) is 52.3 Å². The van der Waals surface area contributed by atoms with Gasteiger partial charge in [-0.25, -0.2) is 0 Å². The third-order valence-corrected chi connectivity index (χ3v) is 5.18. The van der Waals surface area contributed by atoms with Gasteiger partial charge < -0.3 is 10.5 Å². The summed E-state index contributed by atoms with van der Waals surface area (Å²) in [7, 11) is 0. The molecule has 1 aliphatic carbocycles. The maximum Gasteiger partial charge on any atom is 0.416 e. The summed E-state index contributed by atoms with van der Waals surface area (Å²) < 4.78 is 43.4. The number of halogens is 3. The average Bonchev–Trinajstić information content (AvgIpc) is 2.80. The molecule has 168 valence electrons. The number of rotatable bonds is 4. The number of alkyl halides is 3. The molecule has 2 N–H and O–H groups in total. The fraction of sp³-hybridized carbons (Fsp3) is 0.269. The van der Waals surface area contributed by atoms with Gasteiger partial charge in [-0.2, -0.15) is 13.2 Å². The molecule has 3 nitrogen and oxygen atoms in total. The summed E-state index contributed by atoms with van der Waals surface area (Å²) >= 11 is 0. The maximum absolute atomic E-state index is 12.6. The van der Waals surface area contributed by atoms with E-state index in [1.165, 1.54) is 12.5 Å². The van der Waals surface area contributed by atoms with Crippen molar-refractivity contribution in [2.45, 2.75) is 44.4 Å². The van der Waals surface area contributed by atoms with Crippen molar-refractivity contribution >= 4 is 11.5 Å². The Morgan fingerprint density at radius 3 is 1.84 bits per heavy atom. The molecule has 32 heavy (non-hydrogen) atoms. The van der Waals surface area contributed by atoms with E-state index in [0.717, 1.165) is 48.9 Å². The molecule has 0 heterocycles. The Labute approximate surface area is 186 Å². The number of benzene rings is 3. The maximum atomic E-state index is 12.6. The minimum absolute atomic E-state index is 0.0154. The smallest absolute Gasteiger partial charge is 0.416 e. The molecule has 1 aliphatic rings. The Balaban J connectivity index is 0.000000186. The average molecular weight is 441 g/mol. The van der Waals surface area contributed by atoms with Crippen LogP contribution in [0.15, 0.2) is 78.9 Å². The Bertz CT molecular complexity index is 957. The van der Waals surface area contributed by atoms with Crippen LogP contribution in [0.1, 0.15) is 53.6 Å². The molecule has 0 aliphatic heterocycles. The Morgan fingerprint density at radius 2 is 1.34 bits per heavy atom. The normalized spacial score (nSPS) is 14.2. The van der Waals surface area contributed by atoms with E-state index in [1.54, 1.807) is 0 Å². The second-order valence-corrected chi connectivity index (χ2v) is 7.73. The molecule has 0 unspecified atom stereocenters. The molecule has 0 atom stereocenters. The molecule has 0 aromatic heterocycles. The Kier molecular flexibility index (Phi) is 7.92. The molecular formula is C26H26F3NO2. The SMILES string of the molecule is Nc1cc(OC2CCCCC2)cc(C(F)(F)F)c1.O=C(c1ccccc1)c1ccccc1. The molecule has 6 heteroatoms. The largest absolute Gasteiger partial charge is 0.490 e. The highest BCUT2D eigenvalue weighted by Gasteiger charge is 2.31. The van der Waals surface area contributed by atoms with Gasteiger partial charge in [0.2, 0.25) is 0 Å². The summed E-state index contributed by atoms with van der Waals surface area (Å²) in [5.41, 5.74) is 6.27. The van der Waals surface area contributed by atoms with E-state index < -0.39 is 11.7 Å². The number of anilines is 1. The first-order valence-electron chi connectivity index (χ1n) is 10.6. The number of carbonyl (C=O) groups excluding carboxylic acids is 1. The zero-order chi connectivity index (χ0) is 23.0. The third kappa shape index (κ3) is 6.87. The van der Waals surface area contributed by atoms with Crippen LogP contribution in [0.5, 0.6) is 5.75 Å². The summed E-state index contributed by atoms with van der Waals surface area (Å²) in [6, 6.07) is 22.0. The monoisotopic (exact) mass is 441 g/mol. The van der Waals surface area contributed by atoms with Crippen molar-refractivity contribution in [3.05, 3.63) is 95.6 Å². The lowest BCUT2D eigenvalue weighted by atomic mass is 9.98. The zero-order valence-corrected chi connectivity index (χ0v) is 17.6. The number of ketones is 1. The van der Waals surface area contributed by atoms with Crippen LogP contribution in [-0.2, 0) is 6.18 Å². The molecule has 0 bridgehead atoms. The van der Waals surface area contributed by atoms with Gasteiger partial charge in [-0.3, -0.25) is 4.79 Å². The van der Waals surface area contributed by atoms with Crippen molar-refractivity contribution < 1.29 is 22.7 Å². The van der Waals surface area contributed by atoms with E-state index in [0.29, 0.717) is 0 Å². The van der Waals surface area contributed by atoms with Crippen LogP contribution < -0.4 is 10.5 Å². The van der Waals surface area contributed by atoms with Crippen molar-refractivity contribution in [1.82, 2.24) is 0 Å². The zero-order valence-electron chi connectivity index (χ0n) is 17.6. The standard InChI is InChI=1S/C13H16F3NO.C13H10O/c14-13(15,16)9-6-10(17)8-12(7-9)18-11-4-2-1-3-5-11;14-13(11-7-3-1-4-8-11)12-9-5-2-6-10-12/h6-8,11H,1-5,17H2;1-10H. The number of carbonyl (C=O) groups is 1. The lowest BCUT2D eigenvalue weighted by Crippen LogP contribution is -2.20. The predicted octanol–water partition coefficient (Wildman–Crippen LogP) is 6.92. The van der Waals surface area contributed by atoms with E-state index in [4.69, 9.17) is 10.5 Å². The molecule has 3 aromatic carbocycles. The lowest BCUT2D eigenvalue weighted by Gasteiger charge is -2.23. The first-order chi connectivity index (χ1) is 15.3. The molecule has 0 radical (unpaired) electrons. The van der Waals surface area contributed by atoms with Crippen molar-refractivity contribution in [1.29, 1.82) is 0 Å². The third-order valence-electron chi connectivity index (χ3n) is 5.18. The Morgan fingerprint density at radius 1 is 0.812 bits per heavy atom. The van der Waals surface area contributed by atoms with Gasteiger partial charge in [-0.15, -0.1) is 0 Å². The summed E-state index contributed by atoms with van der Waals surface area (Å²) in [5, 5.41) is 0. The minimum atomic E-state index is -4.39.